The normalized spacial score (nSPS) is 12.3. The van der Waals surface area contributed by atoms with E-state index in [9.17, 15) is 17.6 Å². The van der Waals surface area contributed by atoms with E-state index in [-0.39, 0.29) is 20.1 Å². The van der Waals surface area contributed by atoms with Gasteiger partial charge in [-0.05, 0) is 38.1 Å². The number of nitrogens with one attached hydrogen (secondary N) is 1. The lowest BCUT2D eigenvalue weighted by atomic mass is 10.2. The number of aryl methyl sites for hydroxylation is 1. The smallest absolute Gasteiger partial charge is 0.255 e. The number of amides is 1. The minimum Gasteiger partial charge on any atom is -0.432 e. The zero-order valence-corrected chi connectivity index (χ0v) is 17.2. The molecule has 0 saturated heterocycles. The highest BCUT2D eigenvalue weighted by atomic mass is 127. The maximum absolute atomic E-state index is 13.5. The van der Waals surface area contributed by atoms with E-state index in [4.69, 9.17) is 4.74 Å². The molecule has 0 unspecified atom stereocenters. The molecule has 0 atom stereocenters. The van der Waals surface area contributed by atoms with Gasteiger partial charge in [0.1, 0.15) is 0 Å². The Morgan fingerprint density at radius 1 is 1.27 bits per heavy atom. The Kier molecular flexibility index (Phi) is 6.34. The molecule has 0 aliphatic carbocycles. The van der Waals surface area contributed by atoms with E-state index in [1.54, 1.807) is 13.0 Å². The molecule has 1 heterocycles. The Morgan fingerprint density at radius 2 is 1.96 bits per heavy atom. The van der Waals surface area contributed by atoms with Crippen LogP contribution in [0, 0.1) is 12.9 Å². The van der Waals surface area contributed by atoms with Crippen LogP contribution in [0.15, 0.2) is 50.6 Å². The van der Waals surface area contributed by atoms with Gasteiger partial charge in [-0.15, -0.1) is 0 Å². The van der Waals surface area contributed by atoms with Crippen molar-refractivity contribution in [2.45, 2.75) is 18.7 Å². The van der Waals surface area contributed by atoms with Crippen molar-refractivity contribution >= 4 is 44.0 Å². The standard InChI is InChI=1S/C17H16FIN2O4S/c1-10-7-8-14(21-15(10)18)25-16(19)11(2)17(22)20-12-5-4-6-13(9-12)26(3,23)24/h4-9H,1-3H3,(H,20,22)/b16-11-. The third-order valence-corrected chi connectivity index (χ3v) is 5.50. The largest absolute Gasteiger partial charge is 0.432 e. The predicted octanol–water partition coefficient (Wildman–Crippen LogP) is 3.62. The summed E-state index contributed by atoms with van der Waals surface area (Å²) in [5.41, 5.74) is 0.954. The fraction of sp³-hybridized carbons (Fsp3) is 0.176. The van der Waals surface area contributed by atoms with Gasteiger partial charge in [0.05, 0.1) is 10.5 Å². The van der Waals surface area contributed by atoms with Gasteiger partial charge in [-0.2, -0.15) is 9.37 Å². The molecule has 0 aliphatic heterocycles. The van der Waals surface area contributed by atoms with Crippen molar-refractivity contribution in [1.82, 2.24) is 4.98 Å². The van der Waals surface area contributed by atoms with E-state index in [0.717, 1.165) is 6.26 Å². The van der Waals surface area contributed by atoms with Crippen molar-refractivity contribution in [2.24, 2.45) is 0 Å². The van der Waals surface area contributed by atoms with Gasteiger partial charge in [0, 0.05) is 46.2 Å². The lowest BCUT2D eigenvalue weighted by Gasteiger charge is -2.10. The number of carbonyl (C=O) groups excluding carboxylic acids is 1. The number of benzene rings is 1. The Labute approximate surface area is 164 Å². The number of nitrogens with zero attached hydrogens (tertiary/aromatic N) is 1. The van der Waals surface area contributed by atoms with Crippen LogP contribution in [-0.4, -0.2) is 25.6 Å². The number of pyridine rings is 1. The molecule has 6 nitrogen and oxygen atoms in total. The van der Waals surface area contributed by atoms with Gasteiger partial charge in [-0.1, -0.05) is 6.07 Å². The average molecular weight is 490 g/mol. The molecule has 26 heavy (non-hydrogen) atoms. The van der Waals surface area contributed by atoms with E-state index in [1.807, 2.05) is 22.6 Å². The van der Waals surface area contributed by atoms with Crippen LogP contribution in [0.5, 0.6) is 5.88 Å². The first-order valence-electron chi connectivity index (χ1n) is 7.37. The molecule has 0 radical (unpaired) electrons. The van der Waals surface area contributed by atoms with Crippen LogP contribution < -0.4 is 10.1 Å². The summed E-state index contributed by atoms with van der Waals surface area (Å²) in [4.78, 5) is 16.1. The summed E-state index contributed by atoms with van der Waals surface area (Å²) in [6.45, 7) is 3.11. The summed E-state index contributed by atoms with van der Waals surface area (Å²) in [5, 5.41) is 2.60. The van der Waals surface area contributed by atoms with Gasteiger partial charge in [0.2, 0.25) is 11.8 Å². The molecule has 0 spiro atoms. The lowest BCUT2D eigenvalue weighted by Crippen LogP contribution is -2.15. The highest BCUT2D eigenvalue weighted by Crippen LogP contribution is 2.21. The minimum atomic E-state index is -3.38. The zero-order chi connectivity index (χ0) is 19.5. The molecule has 2 aromatic rings. The summed E-state index contributed by atoms with van der Waals surface area (Å²) in [5.74, 6) is -1.09. The highest BCUT2D eigenvalue weighted by molar-refractivity contribution is 14.1. The van der Waals surface area contributed by atoms with Crippen LogP contribution >= 0.6 is 22.6 Å². The van der Waals surface area contributed by atoms with Gasteiger partial charge >= 0.3 is 0 Å². The fourth-order valence-electron chi connectivity index (χ4n) is 1.83. The Morgan fingerprint density at radius 3 is 2.58 bits per heavy atom. The molecule has 138 valence electrons. The second kappa shape index (κ2) is 8.12. The molecule has 1 aromatic heterocycles. The van der Waals surface area contributed by atoms with Gasteiger partial charge in [0.15, 0.2) is 13.6 Å². The summed E-state index contributed by atoms with van der Waals surface area (Å²) >= 11 is 1.81. The van der Waals surface area contributed by atoms with Crippen molar-refractivity contribution < 1.29 is 22.3 Å². The van der Waals surface area contributed by atoms with Crippen LogP contribution in [0.3, 0.4) is 0 Å². The van der Waals surface area contributed by atoms with Crippen molar-refractivity contribution in [3.8, 4) is 5.88 Å². The minimum absolute atomic E-state index is 0.0312. The third kappa shape index (κ3) is 5.24. The molecule has 2 rings (SSSR count). The Bertz CT molecular complexity index is 990. The monoisotopic (exact) mass is 490 g/mol. The summed E-state index contributed by atoms with van der Waals surface area (Å²) in [7, 11) is -3.38. The van der Waals surface area contributed by atoms with Crippen molar-refractivity contribution in [3.63, 3.8) is 0 Å². The van der Waals surface area contributed by atoms with Gasteiger partial charge in [0.25, 0.3) is 5.91 Å². The topological polar surface area (TPSA) is 85.4 Å². The number of anilines is 1. The number of sulfone groups is 1. The molecule has 1 aromatic carbocycles. The molecule has 0 bridgehead atoms. The maximum atomic E-state index is 13.5. The Balaban J connectivity index is 2.17. The molecular formula is C17H16FIN2O4S. The second-order valence-corrected chi connectivity index (χ2v) is 8.51. The van der Waals surface area contributed by atoms with Crippen LogP contribution in [-0.2, 0) is 14.6 Å². The van der Waals surface area contributed by atoms with Gasteiger partial charge < -0.3 is 10.1 Å². The Hall–Kier alpha value is -2.01. The van der Waals surface area contributed by atoms with E-state index < -0.39 is 21.7 Å². The number of rotatable bonds is 5. The predicted molar refractivity (Wildman–Crippen MR) is 104 cm³/mol. The van der Waals surface area contributed by atoms with Gasteiger partial charge in [-0.3, -0.25) is 4.79 Å². The van der Waals surface area contributed by atoms with Crippen LogP contribution in [0.25, 0.3) is 0 Å². The number of halogens is 2. The van der Waals surface area contributed by atoms with E-state index in [2.05, 4.69) is 10.3 Å². The van der Waals surface area contributed by atoms with Crippen molar-refractivity contribution in [1.29, 1.82) is 0 Å². The van der Waals surface area contributed by atoms with Gasteiger partial charge in [-0.25, -0.2) is 8.42 Å². The van der Waals surface area contributed by atoms with Crippen LogP contribution in [0.1, 0.15) is 12.5 Å². The fourth-order valence-corrected chi connectivity index (χ4v) is 2.97. The first kappa shape index (κ1) is 20.3. The summed E-state index contributed by atoms with van der Waals surface area (Å²) < 4.78 is 42.3. The third-order valence-electron chi connectivity index (χ3n) is 3.36. The second-order valence-electron chi connectivity index (χ2n) is 5.51. The molecule has 0 aliphatic rings. The average Bonchev–Trinajstić information content (AvgIpc) is 2.57. The van der Waals surface area contributed by atoms with Crippen molar-refractivity contribution in [3.05, 3.63) is 57.2 Å². The molecule has 0 fully saturated rings. The first-order chi connectivity index (χ1) is 12.1. The van der Waals surface area contributed by atoms with E-state index in [1.165, 1.54) is 37.3 Å². The SMILES string of the molecule is C/C(C(=O)Nc1cccc(S(C)(=O)=O)c1)=C(\I)Oc1ccc(C)c(F)n1. The zero-order valence-electron chi connectivity index (χ0n) is 14.2. The van der Waals surface area contributed by atoms with Crippen LogP contribution in [0.2, 0.25) is 0 Å². The van der Waals surface area contributed by atoms with Crippen LogP contribution in [0.4, 0.5) is 10.1 Å². The highest BCUT2D eigenvalue weighted by Gasteiger charge is 2.14. The molecular weight excluding hydrogens is 474 g/mol. The first-order valence-corrected chi connectivity index (χ1v) is 10.3. The summed E-state index contributed by atoms with van der Waals surface area (Å²) in [6, 6.07) is 8.94. The molecule has 0 saturated carbocycles. The lowest BCUT2D eigenvalue weighted by molar-refractivity contribution is -0.112. The quantitative estimate of drug-likeness (QED) is 0.300. The number of aromatic nitrogens is 1. The number of carbonyl (C=O) groups is 1. The summed E-state index contributed by atoms with van der Waals surface area (Å²) in [6.07, 6.45) is 1.09. The van der Waals surface area contributed by atoms with Crippen molar-refractivity contribution in [2.75, 3.05) is 11.6 Å². The number of hydrogen-bond donors (Lipinski definition) is 1. The van der Waals surface area contributed by atoms with E-state index in [0.29, 0.717) is 11.3 Å². The maximum Gasteiger partial charge on any atom is 0.255 e. The van der Waals surface area contributed by atoms with E-state index >= 15 is 0 Å². The molecule has 1 amide bonds. The number of hydrogen-bond acceptors (Lipinski definition) is 5. The molecule has 9 heteroatoms. The number of ether oxygens (including phenoxy) is 1. The molecule has 1 N–H and O–H groups in total.